The van der Waals surface area contributed by atoms with Crippen LogP contribution in [0.1, 0.15) is 24.2 Å². The molecular formula is C13H12FIN2O3. The molecule has 0 bridgehead atoms. The third-order valence-electron chi connectivity index (χ3n) is 2.80. The molecular weight excluding hydrogens is 378 g/mol. The first-order valence-corrected chi connectivity index (χ1v) is 7.13. The minimum absolute atomic E-state index is 0.0644. The number of hydrogen-bond acceptors (Lipinski definition) is 4. The summed E-state index contributed by atoms with van der Waals surface area (Å²) in [6.07, 6.45) is 1.36. The second-order valence-electron chi connectivity index (χ2n) is 4.01. The summed E-state index contributed by atoms with van der Waals surface area (Å²) in [5.74, 6) is -1.32. The van der Waals surface area contributed by atoms with Crippen molar-refractivity contribution < 1.29 is 13.9 Å². The Bertz CT molecular complexity index is 742. The molecule has 0 spiro atoms. The number of halogens is 2. The first kappa shape index (κ1) is 14.9. The number of hydrogen-bond donors (Lipinski definition) is 0. The Labute approximate surface area is 127 Å². The first-order chi connectivity index (χ1) is 9.49. The van der Waals surface area contributed by atoms with Gasteiger partial charge in [0.15, 0.2) is 0 Å². The Kier molecular flexibility index (Phi) is 4.36. The molecule has 0 unspecified atom stereocenters. The van der Waals surface area contributed by atoms with Crippen molar-refractivity contribution in [1.29, 1.82) is 0 Å². The Morgan fingerprint density at radius 3 is 2.80 bits per heavy atom. The number of aryl methyl sites for hydroxylation is 1. The highest BCUT2D eigenvalue weighted by atomic mass is 127. The molecule has 2 heterocycles. The van der Waals surface area contributed by atoms with Gasteiger partial charge >= 0.3 is 5.97 Å². The maximum atomic E-state index is 13.6. The minimum Gasteiger partial charge on any atom is -0.462 e. The molecule has 7 heteroatoms. The van der Waals surface area contributed by atoms with Crippen LogP contribution < -0.4 is 5.43 Å². The normalized spacial score (nSPS) is 10.8. The average Bonchev–Trinajstić information content (AvgIpc) is 2.42. The molecule has 2 aromatic rings. The molecule has 0 radical (unpaired) electrons. The maximum absolute atomic E-state index is 13.6. The van der Waals surface area contributed by atoms with E-state index in [4.69, 9.17) is 4.74 Å². The molecule has 0 aliphatic carbocycles. The van der Waals surface area contributed by atoms with Gasteiger partial charge in [0.05, 0.1) is 15.6 Å². The fourth-order valence-corrected chi connectivity index (χ4v) is 2.29. The lowest BCUT2D eigenvalue weighted by atomic mass is 10.2. The van der Waals surface area contributed by atoms with Crippen molar-refractivity contribution in [3.63, 3.8) is 0 Å². The van der Waals surface area contributed by atoms with E-state index in [0.29, 0.717) is 6.54 Å². The number of pyridine rings is 2. The van der Waals surface area contributed by atoms with Crippen molar-refractivity contribution >= 4 is 39.6 Å². The topological polar surface area (TPSA) is 61.2 Å². The molecule has 20 heavy (non-hydrogen) atoms. The van der Waals surface area contributed by atoms with E-state index < -0.39 is 17.3 Å². The van der Waals surface area contributed by atoms with Crippen LogP contribution in [-0.2, 0) is 11.3 Å². The van der Waals surface area contributed by atoms with Gasteiger partial charge in [0, 0.05) is 12.7 Å². The average molecular weight is 390 g/mol. The van der Waals surface area contributed by atoms with E-state index in [-0.39, 0.29) is 26.8 Å². The van der Waals surface area contributed by atoms with E-state index in [1.54, 1.807) is 34.1 Å². The second-order valence-corrected chi connectivity index (χ2v) is 5.17. The molecule has 0 aliphatic rings. The van der Waals surface area contributed by atoms with Gasteiger partial charge in [0.1, 0.15) is 11.2 Å². The van der Waals surface area contributed by atoms with E-state index in [1.807, 2.05) is 6.92 Å². The van der Waals surface area contributed by atoms with Crippen molar-refractivity contribution in [3.8, 4) is 0 Å². The first-order valence-electron chi connectivity index (χ1n) is 6.05. The Balaban J connectivity index is 2.81. The summed E-state index contributed by atoms with van der Waals surface area (Å²) in [6.45, 7) is 4.12. The van der Waals surface area contributed by atoms with Gasteiger partial charge in [0.2, 0.25) is 11.4 Å². The summed E-state index contributed by atoms with van der Waals surface area (Å²) in [6, 6.07) is 1.40. The van der Waals surface area contributed by atoms with Crippen molar-refractivity contribution in [3.05, 3.63) is 37.6 Å². The van der Waals surface area contributed by atoms with Crippen molar-refractivity contribution in [2.45, 2.75) is 20.4 Å². The number of esters is 1. The van der Waals surface area contributed by atoms with E-state index in [1.165, 1.54) is 12.3 Å². The summed E-state index contributed by atoms with van der Waals surface area (Å²) >= 11 is 1.76. The van der Waals surface area contributed by atoms with Crippen molar-refractivity contribution in [2.75, 3.05) is 6.61 Å². The highest BCUT2D eigenvalue weighted by Crippen LogP contribution is 2.16. The van der Waals surface area contributed by atoms with Crippen LogP contribution in [0.2, 0.25) is 0 Å². The number of carbonyl (C=O) groups is 1. The zero-order valence-electron chi connectivity index (χ0n) is 10.9. The molecule has 0 aliphatic heterocycles. The van der Waals surface area contributed by atoms with Crippen LogP contribution in [0.3, 0.4) is 0 Å². The van der Waals surface area contributed by atoms with E-state index in [0.717, 1.165) is 0 Å². The van der Waals surface area contributed by atoms with Gasteiger partial charge in [0.25, 0.3) is 0 Å². The Hall–Kier alpha value is -1.51. The third-order valence-corrected chi connectivity index (χ3v) is 3.55. The van der Waals surface area contributed by atoms with E-state index in [9.17, 15) is 14.0 Å². The molecule has 0 saturated heterocycles. The van der Waals surface area contributed by atoms with Crippen LogP contribution >= 0.6 is 22.6 Å². The minimum atomic E-state index is -0.680. The fourth-order valence-electron chi connectivity index (χ4n) is 1.86. The molecule has 2 aromatic heterocycles. The fraction of sp³-hybridized carbons (Fsp3) is 0.308. The Morgan fingerprint density at radius 2 is 2.20 bits per heavy atom. The predicted octanol–water partition coefficient (Wildman–Crippen LogP) is 2.34. The van der Waals surface area contributed by atoms with Gasteiger partial charge in [-0.05, 0) is 42.5 Å². The molecule has 0 amide bonds. The van der Waals surface area contributed by atoms with Crippen molar-refractivity contribution in [2.24, 2.45) is 0 Å². The zero-order valence-corrected chi connectivity index (χ0v) is 13.1. The zero-order chi connectivity index (χ0) is 14.9. The number of nitrogens with zero attached hydrogens (tertiary/aromatic N) is 2. The molecule has 0 fully saturated rings. The lowest BCUT2D eigenvalue weighted by molar-refractivity contribution is 0.0524. The van der Waals surface area contributed by atoms with Crippen LogP contribution in [0.5, 0.6) is 0 Å². The van der Waals surface area contributed by atoms with Gasteiger partial charge in [-0.2, -0.15) is 4.39 Å². The van der Waals surface area contributed by atoms with Gasteiger partial charge in [-0.1, -0.05) is 0 Å². The van der Waals surface area contributed by atoms with Crippen LogP contribution in [0.15, 0.2) is 17.1 Å². The van der Waals surface area contributed by atoms with E-state index in [2.05, 4.69) is 4.98 Å². The lowest BCUT2D eigenvalue weighted by Crippen LogP contribution is -2.21. The van der Waals surface area contributed by atoms with Gasteiger partial charge < -0.3 is 9.30 Å². The SMILES string of the molecule is CCOC(=O)c1cn(CC)c2nc(F)c(I)cc2c1=O. The third kappa shape index (κ3) is 2.54. The van der Waals surface area contributed by atoms with Gasteiger partial charge in [-0.25, -0.2) is 9.78 Å². The lowest BCUT2D eigenvalue weighted by Gasteiger charge is -2.10. The molecule has 0 aromatic carbocycles. The smallest absolute Gasteiger partial charge is 0.343 e. The monoisotopic (exact) mass is 390 g/mol. The molecule has 0 N–H and O–H groups in total. The quantitative estimate of drug-likeness (QED) is 0.459. The highest BCUT2D eigenvalue weighted by Gasteiger charge is 2.18. The standard InChI is InChI=1S/C13H12FIN2O3/c1-3-17-6-8(13(19)20-4-2)10(18)7-5-9(15)11(14)16-12(7)17/h5-6H,3-4H2,1-2H3. The molecule has 0 saturated carbocycles. The largest absolute Gasteiger partial charge is 0.462 e. The molecule has 2 rings (SSSR count). The maximum Gasteiger partial charge on any atom is 0.343 e. The number of rotatable bonds is 3. The predicted molar refractivity (Wildman–Crippen MR) is 80.3 cm³/mol. The Morgan fingerprint density at radius 1 is 1.50 bits per heavy atom. The number of ether oxygens (including phenoxy) is 1. The van der Waals surface area contributed by atoms with Crippen molar-refractivity contribution in [1.82, 2.24) is 9.55 Å². The van der Waals surface area contributed by atoms with Crippen LogP contribution in [0.25, 0.3) is 11.0 Å². The van der Waals surface area contributed by atoms with Gasteiger partial charge in [-0.15, -0.1) is 0 Å². The number of carbonyl (C=O) groups excluding carboxylic acids is 1. The summed E-state index contributed by atoms with van der Waals surface area (Å²) in [4.78, 5) is 27.9. The molecule has 0 atom stereocenters. The second kappa shape index (κ2) is 5.86. The highest BCUT2D eigenvalue weighted by molar-refractivity contribution is 14.1. The summed E-state index contributed by atoms with van der Waals surface area (Å²) in [7, 11) is 0. The van der Waals surface area contributed by atoms with Crippen LogP contribution in [0, 0.1) is 9.52 Å². The number of fused-ring (bicyclic) bond motifs is 1. The number of aromatic nitrogens is 2. The van der Waals surface area contributed by atoms with E-state index >= 15 is 0 Å². The summed E-state index contributed by atoms with van der Waals surface area (Å²) < 4.78 is 20.2. The molecule has 5 nitrogen and oxygen atoms in total. The van der Waals surface area contributed by atoms with Crippen LogP contribution in [-0.4, -0.2) is 22.1 Å². The van der Waals surface area contributed by atoms with Gasteiger partial charge in [-0.3, -0.25) is 4.79 Å². The van der Waals surface area contributed by atoms with Crippen LogP contribution in [0.4, 0.5) is 4.39 Å². The molecule has 106 valence electrons. The summed E-state index contributed by atoms with van der Waals surface area (Å²) in [5, 5.41) is 0.211. The summed E-state index contributed by atoms with van der Waals surface area (Å²) in [5.41, 5.74) is -0.331.